The van der Waals surface area contributed by atoms with Gasteiger partial charge in [-0.1, -0.05) is 0 Å². The predicted molar refractivity (Wildman–Crippen MR) is 25.3 cm³/mol. The second-order valence-electron chi connectivity index (χ2n) is 1.30. The average Bonchev–Trinajstić information content (AvgIpc) is 1.68. The van der Waals surface area contributed by atoms with Crippen molar-refractivity contribution in [2.75, 3.05) is 6.61 Å². The van der Waals surface area contributed by atoms with E-state index < -0.39 is 0 Å². The second kappa shape index (κ2) is 3.59. The molecule has 0 saturated carbocycles. The molecule has 0 fully saturated rings. The third-order valence-corrected chi connectivity index (χ3v) is 0.588. The largest absolute Gasteiger partial charge is 0.395 e. The number of rotatable bonds is 2. The van der Waals surface area contributed by atoms with Crippen LogP contribution in [0.25, 0.3) is 0 Å². The molecule has 0 aliphatic heterocycles. The van der Waals surface area contributed by atoms with E-state index in [-0.39, 0.29) is 19.1 Å². The van der Waals surface area contributed by atoms with E-state index in [9.17, 15) is 0 Å². The van der Waals surface area contributed by atoms with Crippen LogP contribution in [0.15, 0.2) is 0 Å². The first kappa shape index (κ1) is 6.41. The van der Waals surface area contributed by atoms with Crippen molar-refractivity contribution in [3.05, 3.63) is 0 Å². The monoisotopic (exact) mass is 100 g/mol. The highest BCUT2D eigenvalue weighted by Gasteiger charge is 1.94. The van der Waals surface area contributed by atoms with Crippen LogP contribution in [0, 0.1) is 11.3 Å². The first-order chi connectivity index (χ1) is 3.31. The van der Waals surface area contributed by atoms with Gasteiger partial charge in [-0.15, -0.1) is 0 Å². The summed E-state index contributed by atoms with van der Waals surface area (Å²) in [5.74, 6) is 0. The second-order valence-corrected chi connectivity index (χ2v) is 1.30. The number of aliphatic hydroxyl groups excluding tert-OH is 1. The molecule has 0 aromatic carbocycles. The molecule has 3 heteroatoms. The van der Waals surface area contributed by atoms with Crippen LogP contribution in [0.2, 0.25) is 0 Å². The molecule has 0 spiro atoms. The van der Waals surface area contributed by atoms with E-state index >= 15 is 0 Å². The topological polar surface area (TPSA) is 70.0 Å². The van der Waals surface area contributed by atoms with E-state index in [0.29, 0.717) is 0 Å². The molecule has 0 unspecified atom stereocenters. The van der Waals surface area contributed by atoms with E-state index in [4.69, 9.17) is 16.1 Å². The maximum Gasteiger partial charge on any atom is 0.0638 e. The summed E-state index contributed by atoms with van der Waals surface area (Å²) in [6.45, 7) is -0.104. The van der Waals surface area contributed by atoms with E-state index in [1.54, 1.807) is 0 Å². The average molecular weight is 100 g/mol. The van der Waals surface area contributed by atoms with Gasteiger partial charge in [0.1, 0.15) is 0 Å². The number of nitriles is 1. The zero-order valence-electron chi connectivity index (χ0n) is 3.96. The molecule has 40 valence electrons. The summed E-state index contributed by atoms with van der Waals surface area (Å²) in [7, 11) is 0. The van der Waals surface area contributed by atoms with Crippen molar-refractivity contribution in [1.82, 2.24) is 0 Å². The zero-order chi connectivity index (χ0) is 5.70. The van der Waals surface area contributed by atoms with Crippen molar-refractivity contribution in [3.8, 4) is 6.07 Å². The Hall–Kier alpha value is -0.590. The van der Waals surface area contributed by atoms with Gasteiger partial charge in [0.05, 0.1) is 19.1 Å². The Morgan fingerprint density at radius 3 is 2.57 bits per heavy atom. The first-order valence-electron chi connectivity index (χ1n) is 2.04. The van der Waals surface area contributed by atoms with Gasteiger partial charge in [-0.25, -0.2) is 0 Å². The lowest BCUT2D eigenvalue weighted by Gasteiger charge is -1.97. The Kier molecular flexibility index (Phi) is 3.29. The Morgan fingerprint density at radius 1 is 1.86 bits per heavy atom. The van der Waals surface area contributed by atoms with Crippen LogP contribution < -0.4 is 5.73 Å². The number of nitrogens with two attached hydrogens (primary N) is 1. The highest BCUT2D eigenvalue weighted by molar-refractivity contribution is 4.76. The number of aliphatic hydroxyl groups is 1. The fourth-order valence-corrected chi connectivity index (χ4v) is 0.182. The Morgan fingerprint density at radius 2 is 2.43 bits per heavy atom. The fraction of sp³-hybridized carbons (Fsp3) is 0.750. The van der Waals surface area contributed by atoms with Crippen LogP contribution in [0.4, 0.5) is 0 Å². The number of hydrogen-bond donors (Lipinski definition) is 2. The van der Waals surface area contributed by atoms with Gasteiger partial charge >= 0.3 is 0 Å². The lowest BCUT2D eigenvalue weighted by Crippen LogP contribution is -2.23. The molecule has 0 radical (unpaired) electrons. The molecule has 0 aliphatic carbocycles. The fourth-order valence-electron chi connectivity index (χ4n) is 0.182. The quantitative estimate of drug-likeness (QED) is 0.478. The summed E-state index contributed by atoms with van der Waals surface area (Å²) in [5, 5.41) is 16.1. The van der Waals surface area contributed by atoms with Crippen molar-refractivity contribution in [2.24, 2.45) is 5.73 Å². The minimum atomic E-state index is -0.356. The SMILES string of the molecule is N#CC[C@@H](N)CO. The summed E-state index contributed by atoms with van der Waals surface area (Å²) in [5.41, 5.74) is 5.11. The number of hydrogen-bond acceptors (Lipinski definition) is 3. The summed E-state index contributed by atoms with van der Waals surface area (Å²) in [6.07, 6.45) is 0.233. The lowest BCUT2D eigenvalue weighted by molar-refractivity contribution is 0.267. The van der Waals surface area contributed by atoms with Crippen LogP contribution in [0.5, 0.6) is 0 Å². The molecule has 0 aromatic rings. The molecule has 3 N–H and O–H groups in total. The Labute approximate surface area is 42.4 Å². The van der Waals surface area contributed by atoms with E-state index in [2.05, 4.69) is 0 Å². The van der Waals surface area contributed by atoms with Gasteiger partial charge in [0.15, 0.2) is 0 Å². The van der Waals surface area contributed by atoms with Gasteiger partial charge in [0.25, 0.3) is 0 Å². The minimum Gasteiger partial charge on any atom is -0.395 e. The first-order valence-corrected chi connectivity index (χ1v) is 2.04. The smallest absolute Gasteiger partial charge is 0.0638 e. The van der Waals surface area contributed by atoms with Crippen LogP contribution in [0.3, 0.4) is 0 Å². The van der Waals surface area contributed by atoms with Gasteiger partial charge in [0, 0.05) is 6.04 Å². The highest BCUT2D eigenvalue weighted by Crippen LogP contribution is 1.79. The maximum absolute atomic E-state index is 8.19. The molecule has 0 heterocycles. The Bertz CT molecular complexity index is 76.2. The van der Waals surface area contributed by atoms with Gasteiger partial charge in [-0.05, 0) is 0 Å². The summed E-state index contributed by atoms with van der Waals surface area (Å²) in [6, 6.07) is 1.48. The molecular formula is C4H8N2O. The summed E-state index contributed by atoms with van der Waals surface area (Å²) >= 11 is 0. The molecule has 0 bridgehead atoms. The van der Waals surface area contributed by atoms with Gasteiger partial charge in [0.2, 0.25) is 0 Å². The van der Waals surface area contributed by atoms with Crippen molar-refractivity contribution in [1.29, 1.82) is 5.26 Å². The van der Waals surface area contributed by atoms with Gasteiger partial charge < -0.3 is 10.8 Å². The van der Waals surface area contributed by atoms with Crippen LogP contribution >= 0.6 is 0 Å². The maximum atomic E-state index is 8.19. The molecular weight excluding hydrogens is 92.1 g/mol. The molecule has 3 nitrogen and oxygen atoms in total. The molecule has 0 rings (SSSR count). The van der Waals surface area contributed by atoms with Crippen molar-refractivity contribution >= 4 is 0 Å². The zero-order valence-corrected chi connectivity index (χ0v) is 3.96. The molecule has 0 aliphatic rings. The molecule has 7 heavy (non-hydrogen) atoms. The van der Waals surface area contributed by atoms with Gasteiger partial charge in [-0.2, -0.15) is 5.26 Å². The predicted octanol–water partition coefficient (Wildman–Crippen LogP) is -0.780. The van der Waals surface area contributed by atoms with Crippen molar-refractivity contribution < 1.29 is 5.11 Å². The minimum absolute atomic E-state index is 0.104. The summed E-state index contributed by atoms with van der Waals surface area (Å²) < 4.78 is 0. The number of nitrogens with zero attached hydrogens (tertiary/aromatic N) is 1. The normalized spacial score (nSPS) is 12.7. The van der Waals surface area contributed by atoms with Crippen LogP contribution in [-0.4, -0.2) is 17.8 Å². The van der Waals surface area contributed by atoms with E-state index in [1.807, 2.05) is 6.07 Å². The highest BCUT2D eigenvalue weighted by atomic mass is 16.3. The van der Waals surface area contributed by atoms with Crippen molar-refractivity contribution in [3.63, 3.8) is 0 Å². The van der Waals surface area contributed by atoms with Crippen molar-refractivity contribution in [2.45, 2.75) is 12.5 Å². The third kappa shape index (κ3) is 3.23. The summed E-state index contributed by atoms with van der Waals surface area (Å²) in [4.78, 5) is 0. The molecule has 0 aromatic heterocycles. The molecule has 1 atom stereocenters. The standard InChI is InChI=1S/C4H8N2O/c5-2-1-4(6)3-7/h4,7H,1,3,6H2/t4-/m1/s1. The van der Waals surface area contributed by atoms with Gasteiger partial charge in [-0.3, -0.25) is 0 Å². The molecule has 0 saturated heterocycles. The van der Waals surface area contributed by atoms with Crippen LogP contribution in [-0.2, 0) is 0 Å². The van der Waals surface area contributed by atoms with Crippen LogP contribution in [0.1, 0.15) is 6.42 Å². The van der Waals surface area contributed by atoms with E-state index in [0.717, 1.165) is 0 Å². The third-order valence-electron chi connectivity index (χ3n) is 0.588. The lowest BCUT2D eigenvalue weighted by atomic mass is 10.3. The van der Waals surface area contributed by atoms with E-state index in [1.165, 1.54) is 0 Å². The Balaban J connectivity index is 3.03. The molecule has 0 amide bonds.